The Kier molecular flexibility index (Phi) is 5.71. The minimum absolute atomic E-state index is 0.00409. The molecule has 0 spiro atoms. The van der Waals surface area contributed by atoms with Crippen molar-refractivity contribution in [3.63, 3.8) is 0 Å². The van der Waals surface area contributed by atoms with Crippen molar-refractivity contribution in [3.8, 4) is 5.75 Å². The third kappa shape index (κ3) is 4.25. The highest BCUT2D eigenvalue weighted by molar-refractivity contribution is 7.74. The Bertz CT molecular complexity index is 1050. The molecule has 0 bridgehead atoms. The van der Waals surface area contributed by atoms with E-state index < -0.39 is 20.6 Å². The highest BCUT2D eigenvalue weighted by Gasteiger charge is 2.30. The number of hydrogen-bond donors (Lipinski definition) is 1. The molecule has 2 aromatic rings. The number of phenolic OH excluding ortho intramolecular Hbond substituents is 1. The maximum absolute atomic E-state index is 12.1. The maximum atomic E-state index is 12.1. The average Bonchev–Trinajstić information content (AvgIpc) is 2.52. The van der Waals surface area contributed by atoms with E-state index >= 15 is 0 Å². The fourth-order valence-corrected chi connectivity index (χ4v) is 3.90. The molecule has 150 valence electrons. The van der Waals surface area contributed by atoms with E-state index in [0.29, 0.717) is 16.7 Å². The molecule has 0 fully saturated rings. The quantitative estimate of drug-likeness (QED) is 0.356. The number of non-ortho nitro benzene ring substituents is 1. The molecular formula is C21H25NO5S. The number of nitro groups is 1. The van der Waals surface area contributed by atoms with Gasteiger partial charge in [-0.3, -0.25) is 10.1 Å². The van der Waals surface area contributed by atoms with E-state index in [2.05, 4.69) is 0 Å². The number of benzene rings is 2. The van der Waals surface area contributed by atoms with Gasteiger partial charge in [-0.15, -0.1) is 0 Å². The van der Waals surface area contributed by atoms with Gasteiger partial charge in [0.2, 0.25) is 10.3 Å². The Morgan fingerprint density at radius 2 is 1.46 bits per heavy atom. The highest BCUT2D eigenvalue weighted by atomic mass is 32.2. The lowest BCUT2D eigenvalue weighted by Gasteiger charge is -2.29. The van der Waals surface area contributed by atoms with E-state index in [1.54, 1.807) is 12.1 Å². The van der Waals surface area contributed by atoms with Gasteiger partial charge in [-0.1, -0.05) is 53.7 Å². The number of nitrogens with zero attached hydrogens (tertiary/aromatic N) is 1. The predicted molar refractivity (Wildman–Crippen MR) is 111 cm³/mol. The van der Waals surface area contributed by atoms with Crippen molar-refractivity contribution >= 4 is 20.8 Å². The van der Waals surface area contributed by atoms with Gasteiger partial charge in [0, 0.05) is 23.3 Å². The van der Waals surface area contributed by atoms with Crippen LogP contribution in [0.15, 0.2) is 36.4 Å². The molecule has 0 saturated heterocycles. The fraction of sp³-hybridized carbons (Fsp3) is 0.381. The van der Waals surface area contributed by atoms with Gasteiger partial charge in [0.1, 0.15) is 10.6 Å². The summed E-state index contributed by atoms with van der Waals surface area (Å²) in [6.07, 6.45) is 0. The molecule has 0 aliphatic carbocycles. The zero-order chi connectivity index (χ0) is 21.4. The second kappa shape index (κ2) is 7.39. The Balaban J connectivity index is 2.85. The van der Waals surface area contributed by atoms with Crippen LogP contribution < -0.4 is 0 Å². The number of nitro benzene ring substituents is 1. The molecule has 0 aliphatic heterocycles. The van der Waals surface area contributed by atoms with E-state index in [1.165, 1.54) is 24.3 Å². The molecule has 0 unspecified atom stereocenters. The fourth-order valence-electron chi connectivity index (χ4n) is 3.22. The van der Waals surface area contributed by atoms with Crippen molar-refractivity contribution in [1.82, 2.24) is 0 Å². The lowest BCUT2D eigenvalue weighted by atomic mass is 9.76. The molecule has 0 amide bonds. The van der Waals surface area contributed by atoms with E-state index in [1.807, 2.05) is 41.5 Å². The number of phenols is 1. The highest BCUT2D eigenvalue weighted by Crippen LogP contribution is 2.41. The van der Waals surface area contributed by atoms with Gasteiger partial charge in [0.15, 0.2) is 0 Å². The van der Waals surface area contributed by atoms with Crippen LogP contribution in [0.1, 0.15) is 63.8 Å². The van der Waals surface area contributed by atoms with Gasteiger partial charge >= 0.3 is 0 Å². The number of rotatable bonds is 3. The number of aromatic hydroxyl groups is 1. The monoisotopic (exact) mass is 403 g/mol. The first-order valence-electron chi connectivity index (χ1n) is 8.83. The summed E-state index contributed by atoms with van der Waals surface area (Å²) in [7, 11) is -2.62. The molecule has 0 saturated carbocycles. The Morgan fingerprint density at radius 3 is 1.86 bits per heavy atom. The summed E-state index contributed by atoms with van der Waals surface area (Å²) in [5.41, 5.74) is 0.978. The first kappa shape index (κ1) is 21.6. The van der Waals surface area contributed by atoms with Gasteiger partial charge in [-0.25, -0.2) is 0 Å². The standard InChI is InChI=1S/C21H25NO5S/c1-20(2,3)16-12-11-15(17(18(16)23)21(4,5)6)19(28(26)27)13-7-9-14(10-8-13)22(24)25/h7-12,23H,1-6H3. The summed E-state index contributed by atoms with van der Waals surface area (Å²) >= 11 is 0. The van der Waals surface area contributed by atoms with Crippen molar-refractivity contribution in [3.05, 3.63) is 68.8 Å². The molecule has 0 radical (unpaired) electrons. The van der Waals surface area contributed by atoms with Crippen LogP contribution in [0.3, 0.4) is 0 Å². The molecule has 28 heavy (non-hydrogen) atoms. The van der Waals surface area contributed by atoms with Gasteiger partial charge < -0.3 is 5.11 Å². The SMILES string of the molecule is CC(C)(C)c1ccc(C(c2ccc([N+](=O)[O-])cc2)=S(=O)=O)c(C(C)(C)C)c1O. The molecule has 6 nitrogen and oxygen atoms in total. The first-order chi connectivity index (χ1) is 12.7. The van der Waals surface area contributed by atoms with Crippen molar-refractivity contribution < 1.29 is 18.4 Å². The summed E-state index contributed by atoms with van der Waals surface area (Å²) in [6.45, 7) is 11.6. The molecule has 0 atom stereocenters. The second-order valence-corrected chi connectivity index (χ2v) is 9.63. The first-order valence-corrected chi connectivity index (χ1v) is 9.91. The Hall–Kier alpha value is -2.67. The van der Waals surface area contributed by atoms with Crippen LogP contribution in [-0.4, -0.2) is 23.3 Å². The van der Waals surface area contributed by atoms with Gasteiger partial charge in [0.05, 0.1) is 4.92 Å². The molecule has 0 heterocycles. The summed E-state index contributed by atoms with van der Waals surface area (Å²) in [5, 5.41) is 21.9. The molecule has 0 aliphatic rings. The minimum atomic E-state index is -2.62. The third-order valence-corrected chi connectivity index (χ3v) is 5.28. The van der Waals surface area contributed by atoms with Crippen LogP contribution in [0.5, 0.6) is 5.75 Å². The van der Waals surface area contributed by atoms with Gasteiger partial charge in [-0.2, -0.15) is 8.42 Å². The molecule has 7 heteroatoms. The second-order valence-electron chi connectivity index (χ2n) is 8.75. The zero-order valence-electron chi connectivity index (χ0n) is 16.9. The predicted octanol–water partition coefficient (Wildman–Crippen LogP) is 4.34. The smallest absolute Gasteiger partial charge is 0.269 e. The normalized spacial score (nSPS) is 11.9. The summed E-state index contributed by atoms with van der Waals surface area (Å²) in [5.74, 6) is 0.0716. The topological polar surface area (TPSA) is 97.5 Å². The molecule has 2 aromatic carbocycles. The summed E-state index contributed by atoms with van der Waals surface area (Å²) in [4.78, 5) is 10.3. The summed E-state index contributed by atoms with van der Waals surface area (Å²) < 4.78 is 24.3. The van der Waals surface area contributed by atoms with Crippen molar-refractivity contribution in [2.24, 2.45) is 0 Å². The average molecular weight is 404 g/mol. The third-order valence-electron chi connectivity index (χ3n) is 4.49. The molecule has 0 aromatic heterocycles. The zero-order valence-corrected chi connectivity index (χ0v) is 17.7. The maximum Gasteiger partial charge on any atom is 0.269 e. The van der Waals surface area contributed by atoms with E-state index in [4.69, 9.17) is 0 Å². The van der Waals surface area contributed by atoms with Crippen LogP contribution >= 0.6 is 0 Å². The Morgan fingerprint density at radius 1 is 0.929 bits per heavy atom. The largest absolute Gasteiger partial charge is 0.507 e. The molecular weight excluding hydrogens is 378 g/mol. The summed E-state index contributed by atoms with van der Waals surface area (Å²) in [6, 6.07) is 8.78. The lowest BCUT2D eigenvalue weighted by Crippen LogP contribution is -2.22. The van der Waals surface area contributed by atoms with Crippen LogP contribution in [0, 0.1) is 10.1 Å². The van der Waals surface area contributed by atoms with Crippen LogP contribution in [0.2, 0.25) is 0 Å². The van der Waals surface area contributed by atoms with Crippen molar-refractivity contribution in [2.45, 2.75) is 52.4 Å². The molecule has 1 N–H and O–H groups in total. The van der Waals surface area contributed by atoms with Crippen LogP contribution in [-0.2, 0) is 21.1 Å². The van der Waals surface area contributed by atoms with E-state index in [9.17, 15) is 23.6 Å². The lowest BCUT2D eigenvalue weighted by molar-refractivity contribution is -0.384. The minimum Gasteiger partial charge on any atom is -0.507 e. The van der Waals surface area contributed by atoms with Crippen LogP contribution in [0.25, 0.3) is 0 Å². The van der Waals surface area contributed by atoms with E-state index in [-0.39, 0.29) is 21.7 Å². The van der Waals surface area contributed by atoms with Crippen molar-refractivity contribution in [1.29, 1.82) is 0 Å². The molecule has 2 rings (SSSR count). The van der Waals surface area contributed by atoms with Crippen LogP contribution in [0.4, 0.5) is 5.69 Å². The van der Waals surface area contributed by atoms with Crippen molar-refractivity contribution in [2.75, 3.05) is 0 Å². The van der Waals surface area contributed by atoms with Gasteiger partial charge in [-0.05, 0) is 34.1 Å². The van der Waals surface area contributed by atoms with Gasteiger partial charge in [0.25, 0.3) is 5.69 Å². The number of hydrogen-bond acceptors (Lipinski definition) is 5. The Labute approximate surface area is 166 Å². The van der Waals surface area contributed by atoms with E-state index in [0.717, 1.165) is 5.56 Å².